The van der Waals surface area contributed by atoms with Crippen LogP contribution in [-0.4, -0.2) is 35.0 Å². The Bertz CT molecular complexity index is 195. The van der Waals surface area contributed by atoms with Crippen LogP contribution in [0.1, 0.15) is 6.92 Å². The minimum Gasteiger partial charge on any atom is -0.326 e. The molecule has 0 aromatic heterocycles. The average Bonchev–Trinajstić information content (AvgIpc) is 2.30. The average molecular weight is 174 g/mol. The lowest BCUT2D eigenvalue weighted by molar-refractivity contribution is -0.130. The highest BCUT2D eigenvalue weighted by Gasteiger charge is 2.30. The van der Waals surface area contributed by atoms with Crippen molar-refractivity contribution in [2.24, 2.45) is 0 Å². The molecule has 62 valence electrons. The molecule has 1 fully saturated rings. The van der Waals surface area contributed by atoms with Gasteiger partial charge in [0.1, 0.15) is 6.54 Å². The first-order chi connectivity index (χ1) is 5.15. The van der Waals surface area contributed by atoms with Gasteiger partial charge in [0.2, 0.25) is 11.8 Å². The molecule has 1 saturated heterocycles. The predicted molar refractivity (Wildman–Crippen MR) is 42.8 cm³/mol. The van der Waals surface area contributed by atoms with Crippen LogP contribution < -0.4 is 5.32 Å². The molecule has 0 bridgehead atoms. The highest BCUT2D eigenvalue weighted by molar-refractivity contribution is 7.99. The van der Waals surface area contributed by atoms with Gasteiger partial charge in [0.25, 0.3) is 0 Å². The van der Waals surface area contributed by atoms with Crippen molar-refractivity contribution in [3.8, 4) is 0 Å². The van der Waals surface area contributed by atoms with E-state index in [-0.39, 0.29) is 23.9 Å². The minimum atomic E-state index is -0.167. The Morgan fingerprint density at radius 3 is 2.82 bits per heavy atom. The summed E-state index contributed by atoms with van der Waals surface area (Å²) in [4.78, 5) is 23.2. The van der Waals surface area contributed by atoms with E-state index in [1.54, 1.807) is 0 Å². The lowest BCUT2D eigenvalue weighted by Gasteiger charge is -2.18. The zero-order valence-electron chi connectivity index (χ0n) is 6.46. The van der Waals surface area contributed by atoms with Crippen LogP contribution in [0, 0.1) is 0 Å². The second kappa shape index (κ2) is 3.13. The molecule has 1 aliphatic rings. The molecule has 1 atom stereocenters. The predicted octanol–water partition coefficient (Wildman–Crippen LogP) is -0.389. The fourth-order valence-electron chi connectivity index (χ4n) is 0.962. The summed E-state index contributed by atoms with van der Waals surface area (Å²) >= 11 is 1.45. The Labute approximate surface area is 69.3 Å². The number of amides is 2. The molecule has 0 aliphatic carbocycles. The van der Waals surface area contributed by atoms with Crippen LogP contribution >= 0.6 is 11.8 Å². The zero-order chi connectivity index (χ0) is 8.43. The monoisotopic (exact) mass is 174 g/mol. The zero-order valence-corrected chi connectivity index (χ0v) is 7.27. The molecule has 0 aromatic rings. The lowest BCUT2D eigenvalue weighted by Crippen LogP contribution is -2.35. The Morgan fingerprint density at radius 1 is 1.82 bits per heavy atom. The van der Waals surface area contributed by atoms with Gasteiger partial charge in [-0.25, -0.2) is 0 Å². The van der Waals surface area contributed by atoms with Gasteiger partial charge in [-0.3, -0.25) is 9.59 Å². The molecule has 1 N–H and O–H groups in total. The summed E-state index contributed by atoms with van der Waals surface area (Å²) in [6.07, 6.45) is 1.85. The van der Waals surface area contributed by atoms with Crippen LogP contribution in [0.4, 0.5) is 0 Å². The Kier molecular flexibility index (Phi) is 2.38. The third-order valence-electron chi connectivity index (χ3n) is 1.51. The second-order valence-electron chi connectivity index (χ2n) is 2.30. The van der Waals surface area contributed by atoms with E-state index in [9.17, 15) is 9.59 Å². The van der Waals surface area contributed by atoms with Gasteiger partial charge in [0, 0.05) is 6.92 Å². The Morgan fingerprint density at radius 2 is 2.45 bits per heavy atom. The molecule has 0 aromatic carbocycles. The van der Waals surface area contributed by atoms with Crippen molar-refractivity contribution in [3.05, 3.63) is 0 Å². The van der Waals surface area contributed by atoms with Gasteiger partial charge in [-0.15, -0.1) is 11.8 Å². The highest BCUT2D eigenvalue weighted by atomic mass is 32.2. The van der Waals surface area contributed by atoms with E-state index in [0.29, 0.717) is 0 Å². The smallest absolute Gasteiger partial charge is 0.241 e. The summed E-state index contributed by atoms with van der Waals surface area (Å²) in [5, 5.41) is 2.66. The molecular formula is C6H10N2O2S. The maximum Gasteiger partial charge on any atom is 0.241 e. The first kappa shape index (κ1) is 8.39. The molecule has 0 saturated carbocycles. The van der Waals surface area contributed by atoms with Gasteiger partial charge in [-0.05, 0) is 6.26 Å². The summed E-state index contributed by atoms with van der Waals surface area (Å²) < 4.78 is 0. The first-order valence-corrected chi connectivity index (χ1v) is 4.53. The van der Waals surface area contributed by atoms with Crippen molar-refractivity contribution in [1.82, 2.24) is 10.2 Å². The van der Waals surface area contributed by atoms with Crippen LogP contribution in [-0.2, 0) is 9.59 Å². The highest BCUT2D eigenvalue weighted by Crippen LogP contribution is 2.14. The third-order valence-corrected chi connectivity index (χ3v) is 2.33. The number of carbonyl (C=O) groups is 2. The van der Waals surface area contributed by atoms with Crippen molar-refractivity contribution in [2.45, 2.75) is 12.4 Å². The molecule has 1 rings (SSSR count). The van der Waals surface area contributed by atoms with Crippen LogP contribution in [0.5, 0.6) is 0 Å². The summed E-state index contributed by atoms with van der Waals surface area (Å²) in [6, 6.07) is 0. The molecule has 5 heteroatoms. The fourth-order valence-corrected chi connectivity index (χ4v) is 1.69. The Balaban J connectivity index is 2.64. The van der Waals surface area contributed by atoms with Crippen molar-refractivity contribution in [3.63, 3.8) is 0 Å². The van der Waals surface area contributed by atoms with E-state index in [1.807, 2.05) is 6.26 Å². The first-order valence-electron chi connectivity index (χ1n) is 3.24. The molecule has 11 heavy (non-hydrogen) atoms. The molecule has 1 unspecified atom stereocenters. The number of hydrogen-bond acceptors (Lipinski definition) is 3. The van der Waals surface area contributed by atoms with Crippen LogP contribution in [0.2, 0.25) is 0 Å². The van der Waals surface area contributed by atoms with Crippen molar-refractivity contribution in [2.75, 3.05) is 12.8 Å². The number of hydrogen-bond donors (Lipinski definition) is 1. The van der Waals surface area contributed by atoms with Crippen LogP contribution in [0.25, 0.3) is 0 Å². The number of nitrogens with one attached hydrogen (secondary N) is 1. The molecule has 0 radical (unpaired) electrons. The maximum absolute atomic E-state index is 10.9. The number of carbonyl (C=O) groups excluding carboxylic acids is 2. The van der Waals surface area contributed by atoms with Crippen molar-refractivity contribution < 1.29 is 9.59 Å². The Hall–Kier alpha value is -0.710. The molecule has 4 nitrogen and oxygen atoms in total. The molecule has 0 spiro atoms. The lowest BCUT2D eigenvalue weighted by atomic mass is 10.5. The van der Waals surface area contributed by atoms with Gasteiger partial charge >= 0.3 is 0 Å². The number of thioether (sulfide) groups is 1. The third kappa shape index (κ3) is 1.65. The quantitative estimate of drug-likeness (QED) is 0.589. The standard InChI is InChI=1S/C6H10N2O2S/c1-4(9)8-3-5(10)7-6(8)11-2/h6H,3H2,1-2H3,(H,7,10). The van der Waals surface area contributed by atoms with Gasteiger partial charge < -0.3 is 10.2 Å². The summed E-state index contributed by atoms with van der Waals surface area (Å²) in [5.41, 5.74) is -0.167. The van der Waals surface area contributed by atoms with Gasteiger partial charge in [-0.1, -0.05) is 0 Å². The number of rotatable bonds is 1. The maximum atomic E-state index is 10.9. The largest absolute Gasteiger partial charge is 0.326 e. The van der Waals surface area contributed by atoms with E-state index >= 15 is 0 Å². The van der Waals surface area contributed by atoms with E-state index in [0.717, 1.165) is 0 Å². The normalized spacial score (nSPS) is 23.6. The number of nitrogens with zero attached hydrogens (tertiary/aromatic N) is 1. The summed E-state index contributed by atoms with van der Waals surface area (Å²) in [5.74, 6) is -0.151. The van der Waals surface area contributed by atoms with Gasteiger partial charge in [0.05, 0.1) is 0 Å². The molecule has 1 heterocycles. The summed E-state index contributed by atoms with van der Waals surface area (Å²) in [6.45, 7) is 1.66. The van der Waals surface area contributed by atoms with E-state index < -0.39 is 0 Å². The second-order valence-corrected chi connectivity index (χ2v) is 3.22. The fraction of sp³-hybridized carbons (Fsp3) is 0.667. The topological polar surface area (TPSA) is 49.4 Å². The van der Waals surface area contributed by atoms with Crippen molar-refractivity contribution >= 4 is 23.6 Å². The molecule has 1 aliphatic heterocycles. The van der Waals surface area contributed by atoms with Gasteiger partial charge in [0.15, 0.2) is 5.50 Å². The van der Waals surface area contributed by atoms with Crippen molar-refractivity contribution in [1.29, 1.82) is 0 Å². The molecular weight excluding hydrogens is 164 g/mol. The molecule has 2 amide bonds. The van der Waals surface area contributed by atoms with E-state index in [1.165, 1.54) is 23.6 Å². The van der Waals surface area contributed by atoms with Crippen LogP contribution in [0.15, 0.2) is 0 Å². The SMILES string of the molecule is CSC1NC(=O)CN1C(C)=O. The summed E-state index contributed by atoms with van der Waals surface area (Å²) in [7, 11) is 0. The van der Waals surface area contributed by atoms with Gasteiger partial charge in [-0.2, -0.15) is 0 Å². The van der Waals surface area contributed by atoms with E-state index in [4.69, 9.17) is 0 Å². The van der Waals surface area contributed by atoms with Crippen LogP contribution in [0.3, 0.4) is 0 Å². The van der Waals surface area contributed by atoms with E-state index in [2.05, 4.69) is 5.32 Å². The minimum absolute atomic E-state index is 0.0669.